The summed E-state index contributed by atoms with van der Waals surface area (Å²) in [4.78, 5) is 7.74. The van der Waals surface area contributed by atoms with Crippen LogP contribution in [0.1, 0.15) is 35.9 Å². The minimum atomic E-state index is 0.321. The van der Waals surface area contributed by atoms with Crippen molar-refractivity contribution >= 4 is 0 Å². The molecule has 0 saturated heterocycles. The molecule has 0 fully saturated rings. The molecule has 0 aliphatic heterocycles. The lowest BCUT2D eigenvalue weighted by atomic mass is 10.2. The molecule has 0 amide bonds. The number of aromatic amines is 1. The number of imidazole rings is 1. The first kappa shape index (κ1) is 10.0. The standard InChI is InChI=1S/C12H17N3/c1-8-9(2)15(11(4)14-8)10(3)12-6-5-7-13-12/h5-7,10,13H,1-4H3. The molecular weight excluding hydrogens is 186 g/mol. The maximum absolute atomic E-state index is 4.49. The van der Waals surface area contributed by atoms with Crippen molar-refractivity contribution in [3.8, 4) is 0 Å². The Morgan fingerprint density at radius 3 is 2.53 bits per heavy atom. The van der Waals surface area contributed by atoms with E-state index in [1.54, 1.807) is 0 Å². The Bertz CT molecular complexity index is 451. The summed E-state index contributed by atoms with van der Waals surface area (Å²) < 4.78 is 2.27. The molecule has 0 aromatic carbocycles. The molecule has 2 rings (SSSR count). The molecule has 1 N–H and O–H groups in total. The van der Waals surface area contributed by atoms with E-state index in [9.17, 15) is 0 Å². The highest BCUT2D eigenvalue weighted by Gasteiger charge is 2.15. The average molecular weight is 203 g/mol. The van der Waals surface area contributed by atoms with E-state index >= 15 is 0 Å². The fourth-order valence-corrected chi connectivity index (χ4v) is 2.11. The van der Waals surface area contributed by atoms with Crippen LogP contribution in [-0.4, -0.2) is 14.5 Å². The number of aromatic nitrogens is 3. The normalized spacial score (nSPS) is 13.1. The van der Waals surface area contributed by atoms with Crippen molar-refractivity contribution in [1.82, 2.24) is 14.5 Å². The first-order chi connectivity index (χ1) is 7.11. The second kappa shape index (κ2) is 3.57. The minimum Gasteiger partial charge on any atom is -0.363 e. The zero-order chi connectivity index (χ0) is 11.0. The zero-order valence-electron chi connectivity index (χ0n) is 9.70. The fourth-order valence-electron chi connectivity index (χ4n) is 2.11. The highest BCUT2D eigenvalue weighted by molar-refractivity contribution is 5.19. The molecule has 3 heteroatoms. The third-order valence-corrected chi connectivity index (χ3v) is 3.02. The van der Waals surface area contributed by atoms with Gasteiger partial charge in [-0.05, 0) is 39.8 Å². The van der Waals surface area contributed by atoms with Gasteiger partial charge in [0.15, 0.2) is 0 Å². The van der Waals surface area contributed by atoms with E-state index in [-0.39, 0.29) is 0 Å². The first-order valence-corrected chi connectivity index (χ1v) is 5.26. The van der Waals surface area contributed by atoms with E-state index in [4.69, 9.17) is 0 Å². The summed E-state index contributed by atoms with van der Waals surface area (Å²) in [5, 5.41) is 0. The SMILES string of the molecule is Cc1nc(C)n(C(C)c2ccc[nH]2)c1C. The van der Waals surface area contributed by atoms with Crippen molar-refractivity contribution in [2.45, 2.75) is 33.7 Å². The number of H-pyrrole nitrogens is 1. The molecule has 2 aromatic heterocycles. The minimum absolute atomic E-state index is 0.321. The molecule has 3 nitrogen and oxygen atoms in total. The van der Waals surface area contributed by atoms with Crippen LogP contribution >= 0.6 is 0 Å². The highest BCUT2D eigenvalue weighted by Crippen LogP contribution is 2.21. The number of nitrogens with zero attached hydrogens (tertiary/aromatic N) is 2. The Labute approximate surface area is 90.2 Å². The van der Waals surface area contributed by atoms with Gasteiger partial charge in [-0.3, -0.25) is 0 Å². The van der Waals surface area contributed by atoms with E-state index in [0.717, 1.165) is 11.5 Å². The summed E-state index contributed by atoms with van der Waals surface area (Å²) in [6.07, 6.45) is 1.96. The molecule has 1 atom stereocenters. The lowest BCUT2D eigenvalue weighted by Crippen LogP contribution is -2.10. The maximum Gasteiger partial charge on any atom is 0.106 e. The number of hydrogen-bond acceptors (Lipinski definition) is 1. The Balaban J connectivity index is 2.46. The van der Waals surface area contributed by atoms with Gasteiger partial charge < -0.3 is 9.55 Å². The Hall–Kier alpha value is -1.51. The smallest absolute Gasteiger partial charge is 0.106 e. The summed E-state index contributed by atoms with van der Waals surface area (Å²) in [5.74, 6) is 1.08. The third kappa shape index (κ3) is 1.58. The lowest BCUT2D eigenvalue weighted by molar-refractivity contribution is 0.591. The van der Waals surface area contributed by atoms with E-state index < -0.39 is 0 Å². The van der Waals surface area contributed by atoms with Gasteiger partial charge in [0, 0.05) is 17.6 Å². The van der Waals surface area contributed by atoms with Crippen LogP contribution in [0.4, 0.5) is 0 Å². The van der Waals surface area contributed by atoms with Gasteiger partial charge in [0.1, 0.15) is 5.82 Å². The first-order valence-electron chi connectivity index (χ1n) is 5.26. The van der Waals surface area contributed by atoms with Gasteiger partial charge in [0.25, 0.3) is 0 Å². The van der Waals surface area contributed by atoms with Gasteiger partial charge in [-0.25, -0.2) is 4.98 Å². The average Bonchev–Trinajstić information content (AvgIpc) is 2.76. The monoisotopic (exact) mass is 203 g/mol. The summed E-state index contributed by atoms with van der Waals surface area (Å²) in [6.45, 7) is 8.42. The number of nitrogens with one attached hydrogen (secondary N) is 1. The molecule has 0 radical (unpaired) electrons. The fraction of sp³-hybridized carbons (Fsp3) is 0.417. The number of rotatable bonds is 2. The molecule has 15 heavy (non-hydrogen) atoms. The van der Waals surface area contributed by atoms with Gasteiger partial charge in [-0.1, -0.05) is 0 Å². The van der Waals surface area contributed by atoms with Crippen molar-refractivity contribution < 1.29 is 0 Å². The van der Waals surface area contributed by atoms with Crippen LogP contribution in [0.2, 0.25) is 0 Å². The van der Waals surface area contributed by atoms with Crippen LogP contribution in [-0.2, 0) is 0 Å². The van der Waals surface area contributed by atoms with Crippen LogP contribution < -0.4 is 0 Å². The summed E-state index contributed by atoms with van der Waals surface area (Å²) in [5.41, 5.74) is 3.58. The van der Waals surface area contributed by atoms with Gasteiger partial charge in [0.05, 0.1) is 11.7 Å². The zero-order valence-corrected chi connectivity index (χ0v) is 9.70. The van der Waals surface area contributed by atoms with Crippen LogP contribution in [0, 0.1) is 20.8 Å². The van der Waals surface area contributed by atoms with Gasteiger partial charge >= 0.3 is 0 Å². The van der Waals surface area contributed by atoms with Gasteiger partial charge in [0.2, 0.25) is 0 Å². The van der Waals surface area contributed by atoms with E-state index in [1.807, 2.05) is 12.3 Å². The Morgan fingerprint density at radius 1 is 1.33 bits per heavy atom. The third-order valence-electron chi connectivity index (χ3n) is 3.02. The molecule has 0 bridgehead atoms. The number of aryl methyl sites for hydroxylation is 2. The predicted octanol–water partition coefficient (Wildman–Crippen LogP) is 2.75. The Morgan fingerprint density at radius 2 is 2.07 bits per heavy atom. The van der Waals surface area contributed by atoms with Crippen molar-refractivity contribution in [1.29, 1.82) is 0 Å². The van der Waals surface area contributed by atoms with Crippen molar-refractivity contribution in [3.05, 3.63) is 41.2 Å². The highest BCUT2D eigenvalue weighted by atomic mass is 15.1. The molecule has 2 heterocycles. The molecule has 0 aliphatic carbocycles. The van der Waals surface area contributed by atoms with Gasteiger partial charge in [-0.2, -0.15) is 0 Å². The molecule has 0 aliphatic rings. The van der Waals surface area contributed by atoms with Crippen LogP contribution in [0.15, 0.2) is 18.3 Å². The van der Waals surface area contributed by atoms with Crippen LogP contribution in [0.5, 0.6) is 0 Å². The van der Waals surface area contributed by atoms with Crippen molar-refractivity contribution in [3.63, 3.8) is 0 Å². The molecule has 0 saturated carbocycles. The van der Waals surface area contributed by atoms with Crippen molar-refractivity contribution in [2.24, 2.45) is 0 Å². The molecule has 2 aromatic rings. The lowest BCUT2D eigenvalue weighted by Gasteiger charge is -2.16. The van der Waals surface area contributed by atoms with E-state index in [0.29, 0.717) is 6.04 Å². The molecule has 80 valence electrons. The summed E-state index contributed by atoms with van der Waals surface area (Å²) >= 11 is 0. The number of hydrogen-bond donors (Lipinski definition) is 1. The second-order valence-electron chi connectivity index (χ2n) is 4.00. The predicted molar refractivity (Wildman–Crippen MR) is 61.0 cm³/mol. The largest absolute Gasteiger partial charge is 0.363 e. The topological polar surface area (TPSA) is 33.6 Å². The van der Waals surface area contributed by atoms with E-state index in [2.05, 4.69) is 48.3 Å². The molecule has 1 unspecified atom stereocenters. The van der Waals surface area contributed by atoms with Gasteiger partial charge in [-0.15, -0.1) is 0 Å². The summed E-state index contributed by atoms with van der Waals surface area (Å²) in [7, 11) is 0. The second-order valence-corrected chi connectivity index (χ2v) is 4.00. The van der Waals surface area contributed by atoms with Crippen molar-refractivity contribution in [2.75, 3.05) is 0 Å². The molecular formula is C12H17N3. The quantitative estimate of drug-likeness (QED) is 0.800. The molecule has 0 spiro atoms. The summed E-state index contributed by atoms with van der Waals surface area (Å²) in [6, 6.07) is 4.46. The van der Waals surface area contributed by atoms with Crippen LogP contribution in [0.3, 0.4) is 0 Å². The maximum atomic E-state index is 4.49. The Kier molecular flexibility index (Phi) is 2.39. The van der Waals surface area contributed by atoms with E-state index in [1.165, 1.54) is 11.4 Å². The van der Waals surface area contributed by atoms with Crippen LogP contribution in [0.25, 0.3) is 0 Å².